The zero-order valence-corrected chi connectivity index (χ0v) is 23.4. The summed E-state index contributed by atoms with van der Waals surface area (Å²) < 4.78 is 24.7. The number of rotatable bonds is 6. The number of halogens is 2. The van der Waals surface area contributed by atoms with Crippen molar-refractivity contribution >= 4 is 77.3 Å². The largest absolute Gasteiger partial charge is 0.453 e. The maximum absolute atomic E-state index is 6.62. The van der Waals surface area contributed by atoms with E-state index >= 15 is 0 Å². The molecule has 0 aliphatic rings. The third kappa shape index (κ3) is 4.54. The summed E-state index contributed by atoms with van der Waals surface area (Å²) >= 11 is 11.6. The molecule has 3 aromatic heterocycles. The number of ether oxygens (including phenoxy) is 2. The van der Waals surface area contributed by atoms with E-state index in [0.717, 1.165) is 39.5 Å². The Hall–Kier alpha value is -2.56. The van der Waals surface area contributed by atoms with Crippen LogP contribution in [0.1, 0.15) is 0 Å². The van der Waals surface area contributed by atoms with Gasteiger partial charge in [-0.1, -0.05) is 36.4 Å². The third-order valence-electron chi connectivity index (χ3n) is 5.19. The molecular weight excluding hydrogens is 628 g/mol. The van der Waals surface area contributed by atoms with Gasteiger partial charge in [0.25, 0.3) is 0 Å². The second-order valence-corrected chi connectivity index (χ2v) is 12.9. The molecule has 4 nitrogen and oxygen atoms in total. The lowest BCUT2D eigenvalue weighted by Gasteiger charge is -2.19. The zero-order chi connectivity index (χ0) is 23.8. The van der Waals surface area contributed by atoms with Crippen LogP contribution in [-0.4, -0.2) is 8.75 Å². The number of para-hydroxylation sites is 2. The summed E-state index contributed by atoms with van der Waals surface area (Å²) in [5, 5.41) is 0. The zero-order valence-electron chi connectivity index (χ0n) is 17.8. The first-order valence-corrected chi connectivity index (χ1v) is 14.4. The third-order valence-corrected chi connectivity index (χ3v) is 9.00. The normalized spacial score (nSPS) is 11.1. The first-order chi connectivity index (χ1) is 17.2. The summed E-state index contributed by atoms with van der Waals surface area (Å²) in [6, 6.07) is 27.7. The maximum atomic E-state index is 6.62. The van der Waals surface area contributed by atoms with Crippen molar-refractivity contribution in [1.82, 2.24) is 8.75 Å². The summed E-state index contributed by atoms with van der Waals surface area (Å²) in [4.78, 5) is 2.02. The fraction of sp³-hybridized carbons (Fsp3) is 0. The van der Waals surface area contributed by atoms with Crippen molar-refractivity contribution in [2.45, 2.75) is 0 Å². The average Bonchev–Trinajstić information content (AvgIpc) is 3.62. The van der Waals surface area contributed by atoms with Gasteiger partial charge in [-0.2, -0.15) is 8.75 Å². The van der Waals surface area contributed by atoms with E-state index in [1.165, 1.54) is 11.7 Å². The highest BCUT2D eigenvalue weighted by atomic mass is 79.9. The van der Waals surface area contributed by atoms with E-state index in [9.17, 15) is 0 Å². The van der Waals surface area contributed by atoms with Gasteiger partial charge in [-0.05, 0) is 80.4 Å². The number of aromatic nitrogens is 2. The molecule has 0 saturated carbocycles. The Kier molecular flexibility index (Phi) is 6.42. The molecule has 0 radical (unpaired) electrons. The lowest BCUT2D eigenvalue weighted by molar-refractivity contribution is 0.422. The molecule has 0 bridgehead atoms. The minimum Gasteiger partial charge on any atom is -0.453 e. The predicted octanol–water partition coefficient (Wildman–Crippen LogP) is 10.3. The van der Waals surface area contributed by atoms with Gasteiger partial charge >= 0.3 is 0 Å². The highest BCUT2D eigenvalue weighted by Gasteiger charge is 2.29. The smallest absolute Gasteiger partial charge is 0.181 e. The topological polar surface area (TPSA) is 44.2 Å². The van der Waals surface area contributed by atoms with Gasteiger partial charge in [-0.3, -0.25) is 0 Å². The number of hydrogen-bond acceptors (Lipinski definition) is 7. The monoisotopic (exact) mass is 640 g/mol. The molecule has 0 spiro atoms. The second kappa shape index (κ2) is 9.83. The van der Waals surface area contributed by atoms with E-state index in [4.69, 9.17) is 18.2 Å². The van der Waals surface area contributed by atoms with Crippen molar-refractivity contribution in [3.05, 3.63) is 92.5 Å². The molecule has 0 aliphatic heterocycles. The van der Waals surface area contributed by atoms with Crippen molar-refractivity contribution in [2.24, 2.45) is 0 Å². The minimum absolute atomic E-state index is 0.606. The number of fused-ring (bicyclic) bond motifs is 1. The quantitative estimate of drug-likeness (QED) is 0.181. The Morgan fingerprint density at radius 3 is 1.34 bits per heavy atom. The van der Waals surface area contributed by atoms with Crippen LogP contribution in [0.15, 0.2) is 92.5 Å². The van der Waals surface area contributed by atoms with Crippen molar-refractivity contribution < 1.29 is 9.47 Å². The van der Waals surface area contributed by atoms with Gasteiger partial charge in [-0.15, -0.1) is 22.7 Å². The minimum atomic E-state index is 0.606. The van der Waals surface area contributed by atoms with E-state index in [-0.39, 0.29) is 0 Å². The first kappa shape index (κ1) is 22.9. The summed E-state index contributed by atoms with van der Waals surface area (Å²) in [5.74, 6) is 2.63. The fourth-order valence-electron chi connectivity index (χ4n) is 3.72. The average molecular weight is 642 g/mol. The van der Waals surface area contributed by atoms with E-state index in [1.807, 2.05) is 72.8 Å². The van der Waals surface area contributed by atoms with Crippen molar-refractivity contribution in [1.29, 1.82) is 0 Å². The SMILES string of the molecule is Brc1ccc(-c2c(Oc3ccccc3)c(Oc3ccccc3)c(-c3ccc(Br)s3)c3nsnc23)s1. The number of benzene rings is 3. The van der Waals surface area contributed by atoms with Crippen molar-refractivity contribution in [2.75, 3.05) is 0 Å². The maximum Gasteiger partial charge on any atom is 0.181 e. The van der Waals surface area contributed by atoms with Gasteiger partial charge < -0.3 is 9.47 Å². The highest BCUT2D eigenvalue weighted by molar-refractivity contribution is 9.11. The molecule has 0 amide bonds. The lowest BCUT2D eigenvalue weighted by atomic mass is 10.0. The van der Waals surface area contributed by atoms with Crippen LogP contribution in [0.4, 0.5) is 0 Å². The highest BCUT2D eigenvalue weighted by Crippen LogP contribution is 2.55. The Morgan fingerprint density at radius 1 is 0.543 bits per heavy atom. The number of hydrogen-bond donors (Lipinski definition) is 0. The van der Waals surface area contributed by atoms with E-state index in [0.29, 0.717) is 23.0 Å². The molecule has 3 heterocycles. The molecule has 0 N–H and O–H groups in total. The van der Waals surface area contributed by atoms with Crippen molar-refractivity contribution in [3.8, 4) is 43.9 Å². The van der Waals surface area contributed by atoms with Gasteiger partial charge in [0, 0.05) is 9.75 Å². The fourth-order valence-corrected chi connectivity index (χ4v) is 7.14. The summed E-state index contributed by atoms with van der Waals surface area (Å²) in [5.41, 5.74) is 3.29. The van der Waals surface area contributed by atoms with Crippen LogP contribution in [0.2, 0.25) is 0 Å². The molecule has 35 heavy (non-hydrogen) atoms. The molecular formula is C26H14Br2N2O2S3. The van der Waals surface area contributed by atoms with Crippen LogP contribution < -0.4 is 9.47 Å². The molecule has 0 saturated heterocycles. The summed E-state index contributed by atoms with van der Waals surface area (Å²) in [6.45, 7) is 0. The van der Waals surface area contributed by atoms with E-state index in [2.05, 4.69) is 44.0 Å². The van der Waals surface area contributed by atoms with Crippen LogP contribution in [0, 0.1) is 0 Å². The Bertz CT molecular complexity index is 1510. The molecule has 0 unspecified atom stereocenters. The van der Waals surface area contributed by atoms with E-state index < -0.39 is 0 Å². The first-order valence-electron chi connectivity index (χ1n) is 10.5. The van der Waals surface area contributed by atoms with Gasteiger partial charge in [0.1, 0.15) is 22.5 Å². The van der Waals surface area contributed by atoms with Crippen LogP contribution in [0.25, 0.3) is 31.9 Å². The van der Waals surface area contributed by atoms with E-state index in [1.54, 1.807) is 22.7 Å². The van der Waals surface area contributed by atoms with Crippen LogP contribution in [-0.2, 0) is 0 Å². The molecule has 0 fully saturated rings. The Balaban J connectivity index is 1.71. The summed E-state index contributed by atoms with van der Waals surface area (Å²) in [7, 11) is 0. The standard InChI is InChI=1S/C26H14Br2N2O2S3/c27-19-13-11-17(33-19)21-23-24(30-35-29-23)22(18-12-14-20(28)34-18)26(32-16-9-5-2-6-10-16)25(21)31-15-7-3-1-4-8-15/h1-14H. The van der Waals surface area contributed by atoms with Crippen LogP contribution in [0.3, 0.4) is 0 Å². The molecule has 6 aromatic rings. The van der Waals surface area contributed by atoms with Gasteiger partial charge in [-0.25, -0.2) is 0 Å². The molecule has 6 rings (SSSR count). The predicted molar refractivity (Wildman–Crippen MR) is 152 cm³/mol. The van der Waals surface area contributed by atoms with Crippen LogP contribution >= 0.6 is 66.3 Å². The Morgan fingerprint density at radius 2 is 0.971 bits per heavy atom. The molecule has 9 heteroatoms. The molecule has 0 atom stereocenters. The number of nitrogens with zero attached hydrogens (tertiary/aromatic N) is 2. The lowest BCUT2D eigenvalue weighted by Crippen LogP contribution is -1.97. The number of thiophene rings is 2. The van der Waals surface area contributed by atoms with Crippen LogP contribution in [0.5, 0.6) is 23.0 Å². The van der Waals surface area contributed by atoms with Crippen molar-refractivity contribution in [3.63, 3.8) is 0 Å². The summed E-state index contributed by atoms with van der Waals surface area (Å²) in [6.07, 6.45) is 0. The molecule has 3 aromatic carbocycles. The Labute approximate surface area is 230 Å². The molecule has 0 aliphatic carbocycles. The second-order valence-electron chi connectivity index (χ2n) is 7.41. The molecule has 172 valence electrons. The van der Waals surface area contributed by atoms with Gasteiger partial charge in [0.05, 0.1) is 30.4 Å². The van der Waals surface area contributed by atoms with Gasteiger partial charge in [0.2, 0.25) is 0 Å². The van der Waals surface area contributed by atoms with Gasteiger partial charge in [0.15, 0.2) is 11.5 Å².